The molecule has 0 fully saturated rings. The maximum Gasteiger partial charge on any atom is 0.275 e. The predicted octanol–water partition coefficient (Wildman–Crippen LogP) is -0.840. The second-order valence-electron chi connectivity index (χ2n) is 3.29. The lowest BCUT2D eigenvalue weighted by molar-refractivity contribution is -0.120. The summed E-state index contributed by atoms with van der Waals surface area (Å²) >= 11 is 0. The highest BCUT2D eigenvalue weighted by Crippen LogP contribution is 2.19. The van der Waals surface area contributed by atoms with Crippen molar-refractivity contribution in [3.05, 3.63) is 24.3 Å². The molecule has 0 aromatic rings. The number of allylic oxidation sites excluding steroid dienone is 2. The fourth-order valence-electron chi connectivity index (χ4n) is 1.40. The molecule has 0 aromatic heterocycles. The van der Waals surface area contributed by atoms with E-state index in [2.05, 4.69) is 5.32 Å². The first-order chi connectivity index (χ1) is 6.76. The van der Waals surface area contributed by atoms with Crippen molar-refractivity contribution in [2.75, 3.05) is 0 Å². The summed E-state index contributed by atoms with van der Waals surface area (Å²) in [5.74, 6) is -0.480. The molecule has 0 radical (unpaired) electrons. The van der Waals surface area contributed by atoms with Crippen molar-refractivity contribution in [3.63, 3.8) is 0 Å². The molecule has 1 amide bonds. The van der Waals surface area contributed by atoms with E-state index < -0.39 is 26.9 Å². The molecule has 0 aromatic carbocycles. The highest BCUT2D eigenvalue weighted by Gasteiger charge is 2.41. The van der Waals surface area contributed by atoms with Crippen molar-refractivity contribution in [2.45, 2.75) is 17.8 Å². The maximum atomic E-state index is 11.0. The van der Waals surface area contributed by atoms with Crippen molar-refractivity contribution in [2.24, 2.45) is 5.73 Å². The standard InChI is InChI=1S/C8H12N2O4S/c1-6(11)10-8(9)5-3-2-4-7(8)15(12,13)14/h2-5,7H,9H2,1H3,(H,10,11)(H,12,13,14). The number of amides is 1. The van der Waals surface area contributed by atoms with Gasteiger partial charge < -0.3 is 11.1 Å². The zero-order chi connectivity index (χ0) is 11.7. The van der Waals surface area contributed by atoms with Gasteiger partial charge in [0.15, 0.2) is 0 Å². The molecule has 4 N–H and O–H groups in total. The first kappa shape index (κ1) is 11.9. The van der Waals surface area contributed by atoms with Crippen LogP contribution in [-0.4, -0.2) is 29.8 Å². The third-order valence-electron chi connectivity index (χ3n) is 1.95. The van der Waals surface area contributed by atoms with E-state index in [4.69, 9.17) is 10.3 Å². The highest BCUT2D eigenvalue weighted by atomic mass is 32.2. The molecule has 84 valence electrons. The monoisotopic (exact) mass is 232 g/mol. The quantitative estimate of drug-likeness (QED) is 0.425. The normalized spacial score (nSPS) is 30.2. The summed E-state index contributed by atoms with van der Waals surface area (Å²) in [7, 11) is -4.36. The smallest absolute Gasteiger partial charge is 0.275 e. The van der Waals surface area contributed by atoms with Crippen LogP contribution in [0, 0.1) is 0 Å². The average molecular weight is 232 g/mol. The average Bonchev–Trinajstić information content (AvgIpc) is 1.99. The Hall–Kier alpha value is -1.18. The molecule has 6 nitrogen and oxygen atoms in total. The van der Waals surface area contributed by atoms with E-state index in [1.54, 1.807) is 0 Å². The van der Waals surface area contributed by atoms with E-state index >= 15 is 0 Å². The lowest BCUT2D eigenvalue weighted by Crippen LogP contribution is -2.63. The maximum absolute atomic E-state index is 11.0. The molecule has 0 saturated carbocycles. The summed E-state index contributed by atoms with van der Waals surface area (Å²) in [5, 5.41) is 0.900. The fraction of sp³-hybridized carbons (Fsp3) is 0.375. The van der Waals surface area contributed by atoms with Crippen molar-refractivity contribution < 1.29 is 17.8 Å². The van der Waals surface area contributed by atoms with Crippen LogP contribution in [0.1, 0.15) is 6.92 Å². The lowest BCUT2D eigenvalue weighted by Gasteiger charge is -2.33. The molecule has 2 unspecified atom stereocenters. The molecule has 0 aliphatic heterocycles. The summed E-state index contributed by atoms with van der Waals surface area (Å²) in [4.78, 5) is 10.9. The number of rotatable bonds is 2. The molecule has 0 heterocycles. The SMILES string of the molecule is CC(=O)NC1(N)C=CC=CC1S(=O)(=O)O. The van der Waals surface area contributed by atoms with Crippen LogP contribution < -0.4 is 11.1 Å². The van der Waals surface area contributed by atoms with Gasteiger partial charge in [0.1, 0.15) is 10.9 Å². The predicted molar refractivity (Wildman–Crippen MR) is 54.4 cm³/mol. The largest absolute Gasteiger partial charge is 0.333 e. The van der Waals surface area contributed by atoms with Gasteiger partial charge in [0.2, 0.25) is 5.91 Å². The van der Waals surface area contributed by atoms with E-state index in [0.29, 0.717) is 0 Å². The Bertz CT molecular complexity index is 426. The Balaban J connectivity index is 3.10. The van der Waals surface area contributed by atoms with Crippen LogP contribution >= 0.6 is 0 Å². The summed E-state index contributed by atoms with van der Waals surface area (Å²) < 4.78 is 31.0. The van der Waals surface area contributed by atoms with Crippen LogP contribution in [0.5, 0.6) is 0 Å². The number of hydrogen-bond acceptors (Lipinski definition) is 4. The Morgan fingerprint density at radius 3 is 2.60 bits per heavy atom. The van der Waals surface area contributed by atoms with Crippen LogP contribution in [0.4, 0.5) is 0 Å². The van der Waals surface area contributed by atoms with Crippen LogP contribution in [0.15, 0.2) is 24.3 Å². The zero-order valence-corrected chi connectivity index (χ0v) is 8.86. The molecule has 1 aliphatic carbocycles. The van der Waals surface area contributed by atoms with Crippen LogP contribution in [0.2, 0.25) is 0 Å². The van der Waals surface area contributed by atoms with E-state index in [1.165, 1.54) is 31.2 Å². The minimum absolute atomic E-state index is 0.480. The molecular weight excluding hydrogens is 220 g/mol. The minimum Gasteiger partial charge on any atom is -0.333 e. The molecule has 1 aliphatic rings. The third-order valence-corrected chi connectivity index (χ3v) is 3.14. The molecular formula is C8H12N2O4S. The topological polar surface area (TPSA) is 109 Å². The Kier molecular flexibility index (Phi) is 2.98. The van der Waals surface area contributed by atoms with Gasteiger partial charge in [-0.15, -0.1) is 0 Å². The van der Waals surface area contributed by atoms with Gasteiger partial charge in [-0.05, 0) is 6.08 Å². The summed E-state index contributed by atoms with van der Waals surface area (Å²) in [6.45, 7) is 1.21. The second kappa shape index (κ2) is 3.76. The molecule has 0 spiro atoms. The molecule has 7 heteroatoms. The number of carbonyl (C=O) groups is 1. The van der Waals surface area contributed by atoms with Gasteiger partial charge in [0.25, 0.3) is 10.1 Å². The van der Waals surface area contributed by atoms with Crippen molar-refractivity contribution >= 4 is 16.0 Å². The van der Waals surface area contributed by atoms with Gasteiger partial charge in [-0.3, -0.25) is 9.35 Å². The Labute approximate surface area is 87.6 Å². The van der Waals surface area contributed by atoms with Gasteiger partial charge in [-0.2, -0.15) is 8.42 Å². The van der Waals surface area contributed by atoms with Gasteiger partial charge >= 0.3 is 0 Å². The van der Waals surface area contributed by atoms with Crippen LogP contribution in [-0.2, 0) is 14.9 Å². The van der Waals surface area contributed by atoms with Gasteiger partial charge in [-0.25, -0.2) is 0 Å². The first-order valence-electron chi connectivity index (χ1n) is 4.16. The second-order valence-corrected chi connectivity index (χ2v) is 4.83. The van der Waals surface area contributed by atoms with Crippen LogP contribution in [0.25, 0.3) is 0 Å². The first-order valence-corrected chi connectivity index (χ1v) is 5.66. The molecule has 1 rings (SSSR count). The van der Waals surface area contributed by atoms with Crippen LogP contribution in [0.3, 0.4) is 0 Å². The number of nitrogens with two attached hydrogens (primary N) is 1. The van der Waals surface area contributed by atoms with Gasteiger partial charge in [0, 0.05) is 6.92 Å². The van der Waals surface area contributed by atoms with Gasteiger partial charge in [-0.1, -0.05) is 18.2 Å². The molecule has 0 bridgehead atoms. The summed E-state index contributed by atoms with van der Waals surface area (Å²) in [5.41, 5.74) is 4.08. The lowest BCUT2D eigenvalue weighted by atomic mass is 10.0. The summed E-state index contributed by atoms with van der Waals surface area (Å²) in [6.07, 6.45) is 5.46. The van der Waals surface area contributed by atoms with Crippen molar-refractivity contribution in [1.82, 2.24) is 5.32 Å². The number of nitrogens with one attached hydrogen (secondary N) is 1. The van der Waals surface area contributed by atoms with Crippen molar-refractivity contribution in [3.8, 4) is 0 Å². The highest BCUT2D eigenvalue weighted by molar-refractivity contribution is 7.86. The molecule has 0 saturated heterocycles. The van der Waals surface area contributed by atoms with Crippen molar-refractivity contribution in [1.29, 1.82) is 0 Å². The Morgan fingerprint density at radius 2 is 2.13 bits per heavy atom. The molecule has 2 atom stereocenters. The van der Waals surface area contributed by atoms with E-state index in [1.807, 2.05) is 0 Å². The molecule has 15 heavy (non-hydrogen) atoms. The minimum atomic E-state index is -4.36. The third kappa shape index (κ3) is 2.65. The fourth-order valence-corrected chi connectivity index (χ4v) is 2.32. The number of hydrogen-bond donors (Lipinski definition) is 3. The Morgan fingerprint density at radius 1 is 1.53 bits per heavy atom. The van der Waals surface area contributed by atoms with E-state index in [-0.39, 0.29) is 0 Å². The van der Waals surface area contributed by atoms with Gasteiger partial charge in [0.05, 0.1) is 0 Å². The van der Waals surface area contributed by atoms with E-state index in [0.717, 1.165) is 0 Å². The number of carbonyl (C=O) groups excluding carboxylic acids is 1. The van der Waals surface area contributed by atoms with E-state index in [9.17, 15) is 13.2 Å². The zero-order valence-electron chi connectivity index (χ0n) is 8.04. The summed E-state index contributed by atoms with van der Waals surface area (Å²) in [6, 6.07) is 0.